The van der Waals surface area contributed by atoms with Crippen LogP contribution in [0.3, 0.4) is 0 Å². The molecular formula is C30H44O8. The van der Waals surface area contributed by atoms with Crippen LogP contribution in [0.15, 0.2) is 23.8 Å². The van der Waals surface area contributed by atoms with Crippen molar-refractivity contribution in [2.75, 3.05) is 13.2 Å². The molecule has 1 spiro atoms. The number of carbonyl (C=O) groups is 2. The lowest BCUT2D eigenvalue weighted by Gasteiger charge is -2.51. The molecule has 8 heteroatoms. The van der Waals surface area contributed by atoms with Crippen LogP contribution in [0.1, 0.15) is 86.0 Å². The normalized spacial score (nSPS) is 43.8. The Bertz CT molecular complexity index is 1030. The van der Waals surface area contributed by atoms with E-state index in [1.807, 2.05) is 6.92 Å². The van der Waals surface area contributed by atoms with E-state index in [-0.39, 0.29) is 23.7 Å². The summed E-state index contributed by atoms with van der Waals surface area (Å²) in [5.41, 5.74) is -2.21. The van der Waals surface area contributed by atoms with Crippen molar-refractivity contribution >= 4 is 11.9 Å². The maximum Gasteiger partial charge on any atom is 0.343 e. The van der Waals surface area contributed by atoms with Crippen LogP contribution >= 0.6 is 0 Å². The predicted octanol–water partition coefficient (Wildman–Crippen LogP) is 3.98. The maximum atomic E-state index is 12.8. The number of fused-ring (bicyclic) bond motifs is 3. The molecule has 8 nitrogen and oxygen atoms in total. The van der Waals surface area contributed by atoms with Gasteiger partial charge in [-0.2, -0.15) is 0 Å². The van der Waals surface area contributed by atoms with Gasteiger partial charge < -0.3 is 29.2 Å². The molecule has 5 fully saturated rings. The fourth-order valence-electron chi connectivity index (χ4n) is 7.99. The van der Waals surface area contributed by atoms with Gasteiger partial charge >= 0.3 is 11.9 Å². The molecule has 5 rings (SSSR count). The minimum Gasteiger partial charge on any atom is -0.462 e. The van der Waals surface area contributed by atoms with Crippen molar-refractivity contribution in [2.24, 2.45) is 23.2 Å². The molecule has 7 atom stereocenters. The first-order valence-electron chi connectivity index (χ1n) is 14.2. The van der Waals surface area contributed by atoms with Crippen LogP contribution in [0, 0.1) is 23.2 Å². The van der Waals surface area contributed by atoms with Crippen LogP contribution in [-0.2, 0) is 28.5 Å². The van der Waals surface area contributed by atoms with Crippen molar-refractivity contribution in [3.8, 4) is 0 Å². The number of aliphatic hydroxyl groups is 2. The SMILES string of the molecule is C=C1CC[C@@H](CC[C@H]2CC[C@]3(OC2)OC(=O)[C@@]2(O)C[C@]3(C)OC2(C)C)C(C)(C)[C@H]1[C@@H](O)C=C1CCOC1=O. The smallest absolute Gasteiger partial charge is 0.343 e. The van der Waals surface area contributed by atoms with Gasteiger partial charge in [0.15, 0.2) is 5.60 Å². The molecule has 1 aliphatic carbocycles. The van der Waals surface area contributed by atoms with Crippen molar-refractivity contribution in [1.29, 1.82) is 0 Å². The minimum absolute atomic E-state index is 0.128. The van der Waals surface area contributed by atoms with E-state index < -0.39 is 34.7 Å². The first kappa shape index (κ1) is 27.8. The zero-order valence-corrected chi connectivity index (χ0v) is 23.5. The summed E-state index contributed by atoms with van der Waals surface area (Å²) in [4.78, 5) is 24.8. The molecule has 4 heterocycles. The van der Waals surface area contributed by atoms with Crippen LogP contribution in [0.4, 0.5) is 0 Å². The number of hydrogen-bond donors (Lipinski definition) is 2. The molecule has 0 amide bonds. The van der Waals surface area contributed by atoms with Crippen LogP contribution in [-0.4, -0.2) is 64.1 Å². The quantitative estimate of drug-likeness (QED) is 0.311. The summed E-state index contributed by atoms with van der Waals surface area (Å²) in [6.45, 7) is 14.9. The Balaban J connectivity index is 1.21. The molecule has 2 bridgehead atoms. The van der Waals surface area contributed by atoms with E-state index in [1.54, 1.807) is 19.9 Å². The molecule has 38 heavy (non-hydrogen) atoms. The second kappa shape index (κ2) is 9.15. The summed E-state index contributed by atoms with van der Waals surface area (Å²) >= 11 is 0. The molecule has 4 saturated heterocycles. The molecule has 0 unspecified atom stereocenters. The fraction of sp³-hybridized carbons (Fsp3) is 0.800. The molecule has 1 saturated carbocycles. The van der Waals surface area contributed by atoms with E-state index in [4.69, 9.17) is 18.9 Å². The number of hydrogen-bond acceptors (Lipinski definition) is 8. The second-order valence-electron chi connectivity index (χ2n) is 13.6. The standard InChI is InChI=1S/C30H44O8/c1-18-7-9-21(26(2,3)23(18)22(31)15-20-12-14-35-24(20)32)10-8-19-11-13-30(36-16-19)28(6)17-29(34,25(33)37-30)27(4,5)38-28/h15,19,21-23,31,34H,1,7-14,16-17H2,2-6H3/t19-,21-,22-,23+,28-,29-,30-/m0/s1. The van der Waals surface area contributed by atoms with Crippen molar-refractivity contribution in [2.45, 2.75) is 115 Å². The van der Waals surface area contributed by atoms with E-state index in [2.05, 4.69) is 20.4 Å². The number of carbonyl (C=O) groups excluding carboxylic acids is 2. The Hall–Kier alpha value is -1.74. The van der Waals surface area contributed by atoms with E-state index >= 15 is 0 Å². The van der Waals surface area contributed by atoms with Gasteiger partial charge in [0.05, 0.1) is 19.3 Å². The summed E-state index contributed by atoms with van der Waals surface area (Å²) in [7, 11) is 0. The Morgan fingerprint density at radius 3 is 2.47 bits per heavy atom. The molecular weight excluding hydrogens is 488 g/mol. The molecule has 2 N–H and O–H groups in total. The van der Waals surface area contributed by atoms with Gasteiger partial charge in [-0.05, 0) is 76.2 Å². The summed E-state index contributed by atoms with van der Waals surface area (Å²) in [6.07, 6.45) is 6.82. The lowest BCUT2D eigenvalue weighted by atomic mass is 9.57. The molecule has 4 aliphatic heterocycles. The van der Waals surface area contributed by atoms with Crippen molar-refractivity contribution in [3.05, 3.63) is 23.8 Å². The predicted molar refractivity (Wildman–Crippen MR) is 139 cm³/mol. The van der Waals surface area contributed by atoms with Crippen LogP contribution < -0.4 is 0 Å². The van der Waals surface area contributed by atoms with Gasteiger partial charge in [-0.25, -0.2) is 9.59 Å². The largest absolute Gasteiger partial charge is 0.462 e. The molecule has 0 aromatic heterocycles. The van der Waals surface area contributed by atoms with Crippen LogP contribution in [0.25, 0.3) is 0 Å². The highest BCUT2D eigenvalue weighted by Crippen LogP contribution is 2.58. The van der Waals surface area contributed by atoms with Gasteiger partial charge in [0.2, 0.25) is 5.79 Å². The molecule has 0 aromatic carbocycles. The number of esters is 2. The summed E-state index contributed by atoms with van der Waals surface area (Å²) in [5, 5.41) is 22.1. The van der Waals surface area contributed by atoms with Gasteiger partial charge in [-0.1, -0.05) is 26.0 Å². The zero-order valence-electron chi connectivity index (χ0n) is 23.5. The molecule has 212 valence electrons. The van der Waals surface area contributed by atoms with E-state index in [9.17, 15) is 19.8 Å². The lowest BCUT2D eigenvalue weighted by Crippen LogP contribution is -2.65. The average molecular weight is 533 g/mol. The van der Waals surface area contributed by atoms with E-state index in [0.717, 1.165) is 37.7 Å². The topological polar surface area (TPSA) is 112 Å². The highest BCUT2D eigenvalue weighted by molar-refractivity contribution is 5.90. The van der Waals surface area contributed by atoms with Gasteiger partial charge in [-0.3, -0.25) is 0 Å². The lowest BCUT2D eigenvalue weighted by molar-refractivity contribution is -0.334. The summed E-state index contributed by atoms with van der Waals surface area (Å²) < 4.78 is 23.5. The molecule has 0 aromatic rings. The summed E-state index contributed by atoms with van der Waals surface area (Å²) in [6, 6.07) is 0. The van der Waals surface area contributed by atoms with E-state index in [1.165, 1.54) is 0 Å². The summed E-state index contributed by atoms with van der Waals surface area (Å²) in [5.74, 6) is -1.59. The third-order valence-electron chi connectivity index (χ3n) is 10.5. The Morgan fingerprint density at radius 2 is 1.84 bits per heavy atom. The Kier molecular flexibility index (Phi) is 6.70. The second-order valence-corrected chi connectivity index (χ2v) is 13.6. The van der Waals surface area contributed by atoms with E-state index in [0.29, 0.717) is 43.5 Å². The number of aliphatic hydroxyl groups excluding tert-OH is 1. The fourth-order valence-corrected chi connectivity index (χ4v) is 7.99. The van der Waals surface area contributed by atoms with Crippen molar-refractivity contribution in [3.63, 3.8) is 0 Å². The first-order valence-corrected chi connectivity index (χ1v) is 14.2. The van der Waals surface area contributed by atoms with Crippen molar-refractivity contribution in [1.82, 2.24) is 0 Å². The minimum atomic E-state index is -1.67. The number of cyclic esters (lactones) is 1. The van der Waals surface area contributed by atoms with Gasteiger partial charge in [-0.15, -0.1) is 0 Å². The van der Waals surface area contributed by atoms with Gasteiger partial charge in [0.1, 0.15) is 11.2 Å². The third kappa shape index (κ3) is 4.18. The van der Waals surface area contributed by atoms with Crippen LogP contribution in [0.2, 0.25) is 0 Å². The average Bonchev–Trinajstić information content (AvgIpc) is 3.29. The molecule has 5 aliphatic rings. The van der Waals surface area contributed by atoms with Gasteiger partial charge in [0, 0.05) is 30.8 Å². The Labute approximate surface area is 225 Å². The van der Waals surface area contributed by atoms with Crippen LogP contribution in [0.5, 0.6) is 0 Å². The van der Waals surface area contributed by atoms with Gasteiger partial charge in [0.25, 0.3) is 0 Å². The highest BCUT2D eigenvalue weighted by atomic mass is 16.8. The number of ether oxygens (including phenoxy) is 4. The monoisotopic (exact) mass is 532 g/mol. The molecule has 0 radical (unpaired) electrons. The highest BCUT2D eigenvalue weighted by Gasteiger charge is 2.75. The first-order chi connectivity index (χ1) is 17.6. The third-order valence-corrected chi connectivity index (χ3v) is 10.5. The Morgan fingerprint density at radius 1 is 1.11 bits per heavy atom. The maximum absolute atomic E-state index is 12.8. The van der Waals surface area contributed by atoms with Crippen molar-refractivity contribution < 1.29 is 38.7 Å². The zero-order chi connectivity index (χ0) is 27.7. The number of rotatable bonds is 5.